The van der Waals surface area contributed by atoms with Crippen LogP contribution in [0.25, 0.3) is 0 Å². The van der Waals surface area contributed by atoms with Crippen LogP contribution < -0.4 is 0 Å². The minimum atomic E-state index is -0.190. The lowest BCUT2D eigenvalue weighted by Crippen LogP contribution is -1.93. The second-order valence-corrected chi connectivity index (χ2v) is 9.53. The molecule has 0 aromatic carbocycles. The van der Waals surface area contributed by atoms with Gasteiger partial charge in [0.2, 0.25) is 0 Å². The molecule has 0 fully saturated rings. The molecule has 0 atom stereocenters. The maximum atomic E-state index is 2.61. The van der Waals surface area contributed by atoms with Crippen molar-refractivity contribution in [1.82, 2.24) is 0 Å². The first-order chi connectivity index (χ1) is 2.81. The summed E-state index contributed by atoms with van der Waals surface area (Å²) in [5.74, 6) is 0. The third-order valence-electron chi connectivity index (χ3n) is 0.886. The number of halogens is 1. The number of rotatable bonds is 2. The average Bonchev–Trinajstić information content (AvgIpc) is 1.65. The van der Waals surface area contributed by atoms with Crippen LogP contribution in [0.4, 0.5) is 0 Å². The molecular formula is C4H11ISi. The minimum absolute atomic E-state index is 0.190. The zero-order valence-corrected chi connectivity index (χ0v) is 7.68. The smallest absolute Gasteiger partial charge is 0.109 e. The maximum Gasteiger partial charge on any atom is 0.109 e. The summed E-state index contributed by atoms with van der Waals surface area (Å²) < 4.78 is 0. The highest BCUT2D eigenvalue weighted by atomic mass is 127. The maximum absolute atomic E-state index is 2.61. The molecular weight excluding hydrogens is 203 g/mol. The fourth-order valence-electron chi connectivity index (χ4n) is 0.289. The Morgan fingerprint density at radius 1 is 1.33 bits per heavy atom. The number of hydrogen-bond acceptors (Lipinski definition) is 0. The Bertz CT molecular complexity index is 26.7. The summed E-state index contributed by atoms with van der Waals surface area (Å²) in [5, 5.41) is 0. The van der Waals surface area contributed by atoms with Crippen molar-refractivity contribution in [2.75, 3.05) is 0 Å². The first-order valence-electron chi connectivity index (χ1n) is 2.45. The third kappa shape index (κ3) is 3.15. The van der Waals surface area contributed by atoms with E-state index in [1.54, 1.807) is 0 Å². The predicted octanol–water partition coefficient (Wildman–Crippen LogP) is 2.19. The fraction of sp³-hybridized carbons (Fsp3) is 1.00. The molecule has 0 heterocycles. The molecule has 0 rings (SSSR count). The van der Waals surface area contributed by atoms with Crippen LogP contribution in [0.3, 0.4) is 0 Å². The summed E-state index contributed by atoms with van der Waals surface area (Å²) in [4.78, 5) is 0. The van der Waals surface area contributed by atoms with Crippen molar-refractivity contribution in [3.05, 3.63) is 0 Å². The summed E-state index contributed by atoms with van der Waals surface area (Å²) in [6, 6.07) is 2.91. The average molecular weight is 214 g/mol. The van der Waals surface area contributed by atoms with Gasteiger partial charge in [0.1, 0.15) is 6.29 Å². The van der Waals surface area contributed by atoms with E-state index in [4.69, 9.17) is 0 Å². The van der Waals surface area contributed by atoms with Gasteiger partial charge in [-0.2, -0.15) is 0 Å². The molecule has 0 aromatic heterocycles. The van der Waals surface area contributed by atoms with Gasteiger partial charge in [0.15, 0.2) is 0 Å². The van der Waals surface area contributed by atoms with E-state index in [0.717, 1.165) is 0 Å². The summed E-state index contributed by atoms with van der Waals surface area (Å²) in [6.45, 7) is 4.57. The molecule has 6 heavy (non-hydrogen) atoms. The van der Waals surface area contributed by atoms with Gasteiger partial charge in [-0.25, -0.2) is 0 Å². The van der Waals surface area contributed by atoms with E-state index in [9.17, 15) is 0 Å². The van der Waals surface area contributed by atoms with E-state index in [2.05, 4.69) is 35.6 Å². The van der Waals surface area contributed by atoms with Gasteiger partial charge >= 0.3 is 0 Å². The van der Waals surface area contributed by atoms with E-state index in [1.165, 1.54) is 12.1 Å². The summed E-state index contributed by atoms with van der Waals surface area (Å²) >= 11 is 2.61. The molecule has 0 spiro atoms. The van der Waals surface area contributed by atoms with Crippen molar-refractivity contribution in [2.45, 2.75) is 25.9 Å². The van der Waals surface area contributed by atoms with Crippen molar-refractivity contribution in [2.24, 2.45) is 0 Å². The largest absolute Gasteiger partial charge is 0.123 e. The highest BCUT2D eigenvalue weighted by molar-refractivity contribution is 14.1. The van der Waals surface area contributed by atoms with Crippen LogP contribution in [0.1, 0.15) is 13.8 Å². The van der Waals surface area contributed by atoms with Gasteiger partial charge in [-0.15, -0.1) is 21.8 Å². The van der Waals surface area contributed by atoms with Crippen LogP contribution in [0, 0.1) is 0 Å². The monoisotopic (exact) mass is 214 g/mol. The second-order valence-electron chi connectivity index (χ2n) is 1.41. The van der Waals surface area contributed by atoms with Gasteiger partial charge in [0, 0.05) is 0 Å². The van der Waals surface area contributed by atoms with E-state index < -0.39 is 0 Å². The Kier molecular flexibility index (Phi) is 4.76. The lowest BCUT2D eigenvalue weighted by atomic mass is 11.0. The predicted molar refractivity (Wildman–Crippen MR) is 42.1 cm³/mol. The Morgan fingerprint density at radius 2 is 1.67 bits per heavy atom. The highest BCUT2D eigenvalue weighted by Crippen LogP contribution is 2.04. The summed E-state index contributed by atoms with van der Waals surface area (Å²) in [5.41, 5.74) is 0. The SMILES string of the molecule is CC[SiH](I)CC. The summed E-state index contributed by atoms with van der Waals surface area (Å²) in [6.07, 6.45) is -0.190. The molecule has 0 aromatic rings. The molecule has 2 heteroatoms. The quantitative estimate of drug-likeness (QED) is 0.375. The van der Waals surface area contributed by atoms with E-state index in [0.29, 0.717) is 0 Å². The molecule has 0 saturated carbocycles. The molecule has 0 aliphatic carbocycles. The van der Waals surface area contributed by atoms with E-state index >= 15 is 0 Å². The molecule has 0 N–H and O–H groups in total. The topological polar surface area (TPSA) is 0 Å². The molecule has 0 unspecified atom stereocenters. The normalized spacial score (nSPS) is 10.0. The molecule has 0 nitrogen and oxygen atoms in total. The molecule has 0 aliphatic heterocycles. The first kappa shape index (κ1) is 6.95. The van der Waals surface area contributed by atoms with Crippen molar-refractivity contribution >= 4 is 28.1 Å². The zero-order valence-electron chi connectivity index (χ0n) is 4.37. The van der Waals surface area contributed by atoms with Crippen LogP contribution in [0.2, 0.25) is 12.1 Å². The van der Waals surface area contributed by atoms with Gasteiger partial charge in [-0.05, 0) is 0 Å². The van der Waals surface area contributed by atoms with E-state index in [-0.39, 0.29) is 6.29 Å². The second kappa shape index (κ2) is 4.12. The lowest BCUT2D eigenvalue weighted by molar-refractivity contribution is 1.36. The van der Waals surface area contributed by atoms with Crippen LogP contribution in [-0.2, 0) is 0 Å². The summed E-state index contributed by atoms with van der Waals surface area (Å²) in [7, 11) is 0. The van der Waals surface area contributed by atoms with Crippen LogP contribution >= 0.6 is 21.8 Å². The van der Waals surface area contributed by atoms with Crippen molar-refractivity contribution in [1.29, 1.82) is 0 Å². The molecule has 0 saturated heterocycles. The number of hydrogen-bond donors (Lipinski definition) is 0. The standard InChI is InChI=1S/C4H11ISi/c1-3-6(5)4-2/h6H,3-4H2,1-2H3. The Labute approximate surface area is 54.1 Å². The third-order valence-corrected chi connectivity index (χ3v) is 7.94. The van der Waals surface area contributed by atoms with Crippen molar-refractivity contribution < 1.29 is 0 Å². The first-order valence-corrected chi connectivity index (χ1v) is 8.26. The van der Waals surface area contributed by atoms with E-state index in [1.807, 2.05) is 0 Å². The Balaban J connectivity index is 2.75. The van der Waals surface area contributed by atoms with Gasteiger partial charge in [0.25, 0.3) is 0 Å². The molecule has 0 aliphatic rings. The Hall–Kier alpha value is 0.947. The lowest BCUT2D eigenvalue weighted by Gasteiger charge is -1.93. The van der Waals surface area contributed by atoms with Crippen LogP contribution in [-0.4, -0.2) is 6.29 Å². The molecule has 0 radical (unpaired) electrons. The van der Waals surface area contributed by atoms with Crippen LogP contribution in [0.15, 0.2) is 0 Å². The van der Waals surface area contributed by atoms with Gasteiger partial charge in [-0.1, -0.05) is 25.9 Å². The minimum Gasteiger partial charge on any atom is -0.123 e. The van der Waals surface area contributed by atoms with Crippen molar-refractivity contribution in [3.8, 4) is 0 Å². The van der Waals surface area contributed by atoms with Gasteiger partial charge < -0.3 is 0 Å². The van der Waals surface area contributed by atoms with Crippen LogP contribution in [0.5, 0.6) is 0 Å². The van der Waals surface area contributed by atoms with Crippen molar-refractivity contribution in [3.63, 3.8) is 0 Å². The zero-order chi connectivity index (χ0) is 4.99. The Morgan fingerprint density at radius 3 is 1.67 bits per heavy atom. The molecule has 0 bridgehead atoms. The molecule has 38 valence electrons. The van der Waals surface area contributed by atoms with Gasteiger partial charge in [0.05, 0.1) is 0 Å². The fourth-order valence-corrected chi connectivity index (χ4v) is 0.866. The highest BCUT2D eigenvalue weighted by Gasteiger charge is 1.94. The van der Waals surface area contributed by atoms with Gasteiger partial charge in [-0.3, -0.25) is 0 Å². The molecule has 0 amide bonds.